The van der Waals surface area contributed by atoms with Crippen LogP contribution in [0.3, 0.4) is 0 Å². The molecule has 0 saturated carbocycles. The highest BCUT2D eigenvalue weighted by molar-refractivity contribution is 7.85. The lowest BCUT2D eigenvalue weighted by Crippen LogP contribution is -2.03. The predicted octanol–water partition coefficient (Wildman–Crippen LogP) is 2.06. The lowest BCUT2D eigenvalue weighted by molar-refractivity contribution is 0.482. The van der Waals surface area contributed by atoms with Crippen LogP contribution in [-0.2, 0) is 23.0 Å². The number of benzene rings is 1. The van der Waals surface area contributed by atoms with Crippen molar-refractivity contribution in [3.05, 3.63) is 29.3 Å². The summed E-state index contributed by atoms with van der Waals surface area (Å²) in [6.45, 7) is 3.87. The second-order valence-corrected chi connectivity index (χ2v) is 4.51. The molecule has 0 fully saturated rings. The maximum atomic E-state index is 11.0. The largest absolute Gasteiger partial charge is 0.294 e. The molecule has 0 unspecified atom stereocenters. The van der Waals surface area contributed by atoms with E-state index in [1.54, 1.807) is 6.07 Å². The summed E-state index contributed by atoms with van der Waals surface area (Å²) in [4.78, 5) is 0.0252. The molecule has 1 rings (SSSR count). The Labute approximate surface area is 84.5 Å². The molecule has 1 aromatic carbocycles. The molecule has 0 bridgehead atoms. The Hall–Kier alpha value is -0.870. The fourth-order valence-electron chi connectivity index (χ4n) is 1.38. The van der Waals surface area contributed by atoms with Crippen LogP contribution < -0.4 is 0 Å². The molecule has 0 amide bonds. The van der Waals surface area contributed by atoms with E-state index in [0.717, 1.165) is 12.0 Å². The molecule has 0 saturated heterocycles. The molecule has 0 aliphatic rings. The summed E-state index contributed by atoms with van der Waals surface area (Å²) in [6.07, 6.45) is 1.46. The second kappa shape index (κ2) is 4.11. The molecule has 3 nitrogen and oxygen atoms in total. The summed E-state index contributed by atoms with van der Waals surface area (Å²) >= 11 is 0. The van der Waals surface area contributed by atoms with Crippen molar-refractivity contribution >= 4 is 10.1 Å². The lowest BCUT2D eigenvalue weighted by atomic mass is 10.1. The van der Waals surface area contributed by atoms with Gasteiger partial charge in [0.1, 0.15) is 0 Å². The van der Waals surface area contributed by atoms with Gasteiger partial charge in [0.05, 0.1) is 4.90 Å². The first-order chi connectivity index (χ1) is 6.49. The van der Waals surface area contributed by atoms with Gasteiger partial charge in [0.2, 0.25) is 0 Å². The molecule has 0 radical (unpaired) electrons. The van der Waals surface area contributed by atoms with E-state index in [4.69, 9.17) is 4.55 Å². The van der Waals surface area contributed by atoms with Crippen molar-refractivity contribution in [1.29, 1.82) is 0 Å². The predicted molar refractivity (Wildman–Crippen MR) is 55.0 cm³/mol. The average molecular weight is 214 g/mol. The summed E-state index contributed by atoms with van der Waals surface area (Å²) in [6, 6.07) is 5.01. The Kier molecular flexibility index (Phi) is 3.29. The molecule has 0 heterocycles. The minimum absolute atomic E-state index is 0.0252. The zero-order valence-corrected chi connectivity index (χ0v) is 9.13. The molecule has 0 aliphatic heterocycles. The first kappa shape index (κ1) is 11.2. The topological polar surface area (TPSA) is 54.4 Å². The van der Waals surface area contributed by atoms with Crippen molar-refractivity contribution in [3.8, 4) is 0 Å². The van der Waals surface area contributed by atoms with Crippen LogP contribution in [0.2, 0.25) is 0 Å². The van der Waals surface area contributed by atoms with Gasteiger partial charge in [-0.15, -0.1) is 0 Å². The Morgan fingerprint density at radius 1 is 1.21 bits per heavy atom. The third-order valence-corrected chi connectivity index (χ3v) is 3.15. The third kappa shape index (κ3) is 2.33. The Morgan fingerprint density at radius 3 is 2.29 bits per heavy atom. The van der Waals surface area contributed by atoms with E-state index in [-0.39, 0.29) is 4.90 Å². The summed E-state index contributed by atoms with van der Waals surface area (Å²) in [5.41, 5.74) is 1.75. The molecule has 1 N–H and O–H groups in total. The van der Waals surface area contributed by atoms with Gasteiger partial charge in [0, 0.05) is 0 Å². The SMILES string of the molecule is CCc1ccc(S(=O)(=O)O)c(CC)c1. The van der Waals surface area contributed by atoms with Crippen molar-refractivity contribution in [1.82, 2.24) is 0 Å². The van der Waals surface area contributed by atoms with Gasteiger partial charge in [-0.05, 0) is 30.0 Å². The number of hydrogen-bond donors (Lipinski definition) is 1. The van der Waals surface area contributed by atoms with E-state index in [0.29, 0.717) is 12.0 Å². The van der Waals surface area contributed by atoms with E-state index in [1.807, 2.05) is 19.9 Å². The standard InChI is InChI=1S/C10H14O3S/c1-3-8-5-6-10(14(11,12)13)9(4-2)7-8/h5-7H,3-4H2,1-2H3,(H,11,12,13). The summed E-state index contributed by atoms with van der Waals surface area (Å²) in [5, 5.41) is 0. The normalized spacial score (nSPS) is 11.6. The highest BCUT2D eigenvalue weighted by Crippen LogP contribution is 2.18. The highest BCUT2D eigenvalue weighted by atomic mass is 32.2. The summed E-state index contributed by atoms with van der Waals surface area (Å²) < 4.78 is 30.9. The van der Waals surface area contributed by atoms with Gasteiger partial charge in [-0.25, -0.2) is 0 Å². The zero-order valence-electron chi connectivity index (χ0n) is 8.32. The quantitative estimate of drug-likeness (QED) is 0.783. The van der Waals surface area contributed by atoms with Crippen molar-refractivity contribution in [3.63, 3.8) is 0 Å². The van der Waals surface area contributed by atoms with Crippen LogP contribution in [0, 0.1) is 0 Å². The van der Waals surface area contributed by atoms with Crippen LogP contribution in [0.1, 0.15) is 25.0 Å². The third-order valence-electron chi connectivity index (χ3n) is 2.19. The summed E-state index contributed by atoms with van der Waals surface area (Å²) in [7, 11) is -4.07. The minimum atomic E-state index is -4.07. The highest BCUT2D eigenvalue weighted by Gasteiger charge is 2.13. The van der Waals surface area contributed by atoms with Crippen LogP contribution in [0.25, 0.3) is 0 Å². The maximum Gasteiger partial charge on any atom is 0.294 e. The van der Waals surface area contributed by atoms with Crippen molar-refractivity contribution in [2.75, 3.05) is 0 Å². The smallest absolute Gasteiger partial charge is 0.282 e. The minimum Gasteiger partial charge on any atom is -0.282 e. The molecule has 0 atom stereocenters. The molecule has 1 aromatic rings. The van der Waals surface area contributed by atoms with Gasteiger partial charge in [0.25, 0.3) is 10.1 Å². The molecule has 78 valence electrons. The molecule has 0 aromatic heterocycles. The number of hydrogen-bond acceptors (Lipinski definition) is 2. The zero-order chi connectivity index (χ0) is 10.8. The van der Waals surface area contributed by atoms with E-state index in [9.17, 15) is 8.42 Å². The number of rotatable bonds is 3. The molecule has 4 heteroatoms. The molecule has 0 spiro atoms. The van der Waals surface area contributed by atoms with Crippen LogP contribution in [-0.4, -0.2) is 13.0 Å². The van der Waals surface area contributed by atoms with Crippen molar-refractivity contribution in [2.45, 2.75) is 31.6 Å². The van der Waals surface area contributed by atoms with E-state index in [2.05, 4.69) is 0 Å². The van der Waals surface area contributed by atoms with Gasteiger partial charge in [-0.2, -0.15) is 8.42 Å². The molecule has 14 heavy (non-hydrogen) atoms. The summed E-state index contributed by atoms with van der Waals surface area (Å²) in [5.74, 6) is 0. The Balaban J connectivity index is 3.33. The Morgan fingerprint density at radius 2 is 1.86 bits per heavy atom. The van der Waals surface area contributed by atoms with E-state index >= 15 is 0 Å². The number of aryl methyl sites for hydroxylation is 2. The van der Waals surface area contributed by atoms with E-state index < -0.39 is 10.1 Å². The van der Waals surface area contributed by atoms with Gasteiger partial charge < -0.3 is 0 Å². The fourth-order valence-corrected chi connectivity index (χ4v) is 2.16. The molecular weight excluding hydrogens is 200 g/mol. The lowest BCUT2D eigenvalue weighted by Gasteiger charge is -2.06. The van der Waals surface area contributed by atoms with Gasteiger partial charge in [-0.1, -0.05) is 26.0 Å². The van der Waals surface area contributed by atoms with Crippen LogP contribution >= 0.6 is 0 Å². The first-order valence-corrected chi connectivity index (χ1v) is 6.02. The van der Waals surface area contributed by atoms with Gasteiger partial charge in [0.15, 0.2) is 0 Å². The van der Waals surface area contributed by atoms with Crippen molar-refractivity contribution < 1.29 is 13.0 Å². The molecular formula is C10H14O3S. The van der Waals surface area contributed by atoms with Crippen LogP contribution in [0.4, 0.5) is 0 Å². The van der Waals surface area contributed by atoms with Crippen molar-refractivity contribution in [2.24, 2.45) is 0 Å². The van der Waals surface area contributed by atoms with E-state index in [1.165, 1.54) is 6.07 Å². The van der Waals surface area contributed by atoms with Gasteiger partial charge >= 0.3 is 0 Å². The Bertz CT molecular complexity index is 421. The monoisotopic (exact) mass is 214 g/mol. The first-order valence-electron chi connectivity index (χ1n) is 4.58. The molecule has 0 aliphatic carbocycles. The maximum absolute atomic E-state index is 11.0. The van der Waals surface area contributed by atoms with Gasteiger partial charge in [-0.3, -0.25) is 4.55 Å². The average Bonchev–Trinajstić information content (AvgIpc) is 2.15. The van der Waals surface area contributed by atoms with Crippen LogP contribution in [0.5, 0.6) is 0 Å². The fraction of sp³-hybridized carbons (Fsp3) is 0.400. The van der Waals surface area contributed by atoms with Crippen LogP contribution in [0.15, 0.2) is 23.1 Å². The second-order valence-electron chi connectivity index (χ2n) is 3.12.